The summed E-state index contributed by atoms with van der Waals surface area (Å²) in [5.74, 6) is -1.25. The van der Waals surface area contributed by atoms with E-state index < -0.39 is 17.5 Å². The number of aromatic nitrogens is 1. The summed E-state index contributed by atoms with van der Waals surface area (Å²) in [4.78, 5) is 16.3. The standard InChI is InChI=1S/C19H15F2N3O2/c1-26-14-7-5-12(6-8-14)24-19(25)17-11-13(9-10-22-17)23-18-15(20)3-2-4-16(18)21/h2-11H,1H3,(H,22,23)(H,24,25). The smallest absolute Gasteiger partial charge is 0.274 e. The quantitative estimate of drug-likeness (QED) is 0.714. The number of carbonyl (C=O) groups is 1. The summed E-state index contributed by atoms with van der Waals surface area (Å²) in [5, 5.41) is 5.32. The van der Waals surface area contributed by atoms with Gasteiger partial charge in [-0.2, -0.15) is 0 Å². The average Bonchev–Trinajstić information content (AvgIpc) is 2.66. The van der Waals surface area contributed by atoms with Gasteiger partial charge in [-0.1, -0.05) is 6.07 Å². The first-order valence-electron chi connectivity index (χ1n) is 7.69. The summed E-state index contributed by atoms with van der Waals surface area (Å²) in [6, 6.07) is 13.3. The molecule has 0 aliphatic rings. The molecule has 0 fully saturated rings. The van der Waals surface area contributed by atoms with Gasteiger partial charge in [-0.25, -0.2) is 8.78 Å². The van der Waals surface area contributed by atoms with Gasteiger partial charge in [0.05, 0.1) is 7.11 Å². The zero-order chi connectivity index (χ0) is 18.5. The van der Waals surface area contributed by atoms with Crippen molar-refractivity contribution in [1.29, 1.82) is 0 Å². The third kappa shape index (κ3) is 3.94. The number of rotatable bonds is 5. The van der Waals surface area contributed by atoms with Crippen molar-refractivity contribution in [2.75, 3.05) is 17.7 Å². The molecule has 0 spiro atoms. The first-order chi connectivity index (χ1) is 12.6. The third-order valence-electron chi connectivity index (χ3n) is 3.57. The summed E-state index contributed by atoms with van der Waals surface area (Å²) in [5.41, 5.74) is 0.711. The summed E-state index contributed by atoms with van der Waals surface area (Å²) in [6.45, 7) is 0. The third-order valence-corrected chi connectivity index (χ3v) is 3.57. The molecule has 3 rings (SSSR count). The van der Waals surface area contributed by atoms with Crippen molar-refractivity contribution in [2.24, 2.45) is 0 Å². The highest BCUT2D eigenvalue weighted by molar-refractivity contribution is 6.03. The Bertz CT molecular complexity index is 910. The monoisotopic (exact) mass is 355 g/mol. The molecule has 5 nitrogen and oxygen atoms in total. The molecule has 0 radical (unpaired) electrons. The highest BCUT2D eigenvalue weighted by atomic mass is 19.1. The normalized spacial score (nSPS) is 10.3. The predicted molar refractivity (Wildman–Crippen MR) is 94.8 cm³/mol. The van der Waals surface area contributed by atoms with E-state index in [2.05, 4.69) is 15.6 Å². The zero-order valence-corrected chi connectivity index (χ0v) is 13.8. The van der Waals surface area contributed by atoms with E-state index >= 15 is 0 Å². The van der Waals surface area contributed by atoms with E-state index in [1.807, 2.05) is 0 Å². The highest BCUT2D eigenvalue weighted by Crippen LogP contribution is 2.23. The van der Waals surface area contributed by atoms with Gasteiger partial charge < -0.3 is 15.4 Å². The highest BCUT2D eigenvalue weighted by Gasteiger charge is 2.12. The van der Waals surface area contributed by atoms with Crippen molar-refractivity contribution in [3.63, 3.8) is 0 Å². The Morgan fingerprint density at radius 2 is 1.69 bits per heavy atom. The summed E-state index contributed by atoms with van der Waals surface area (Å²) in [6.07, 6.45) is 1.38. The topological polar surface area (TPSA) is 63.2 Å². The molecule has 0 bridgehead atoms. The molecule has 0 saturated carbocycles. The van der Waals surface area contributed by atoms with Gasteiger partial charge in [0.25, 0.3) is 5.91 Å². The lowest BCUT2D eigenvalue weighted by Crippen LogP contribution is -2.13. The van der Waals surface area contributed by atoms with Crippen LogP contribution in [-0.2, 0) is 0 Å². The molecule has 26 heavy (non-hydrogen) atoms. The van der Waals surface area contributed by atoms with Crippen LogP contribution in [0.1, 0.15) is 10.5 Å². The predicted octanol–water partition coefficient (Wildman–Crippen LogP) is 4.36. The molecule has 0 aliphatic carbocycles. The van der Waals surface area contributed by atoms with Crippen LogP contribution in [0.25, 0.3) is 0 Å². The Kier molecular flexibility index (Phi) is 5.07. The first kappa shape index (κ1) is 17.3. The first-order valence-corrected chi connectivity index (χ1v) is 7.69. The Labute approximate surface area is 148 Å². The number of pyridine rings is 1. The fourth-order valence-corrected chi connectivity index (χ4v) is 2.26. The van der Waals surface area contributed by atoms with Crippen molar-refractivity contribution < 1.29 is 18.3 Å². The molecule has 0 saturated heterocycles. The summed E-state index contributed by atoms with van der Waals surface area (Å²) >= 11 is 0. The van der Waals surface area contributed by atoms with Crippen molar-refractivity contribution >= 4 is 23.0 Å². The number of methoxy groups -OCH3 is 1. The molecule has 2 aromatic carbocycles. The number of para-hydroxylation sites is 1. The van der Waals surface area contributed by atoms with Gasteiger partial charge in [0.15, 0.2) is 0 Å². The van der Waals surface area contributed by atoms with E-state index in [9.17, 15) is 13.6 Å². The largest absolute Gasteiger partial charge is 0.497 e. The Morgan fingerprint density at radius 1 is 1.00 bits per heavy atom. The summed E-state index contributed by atoms with van der Waals surface area (Å²) in [7, 11) is 1.55. The van der Waals surface area contributed by atoms with Gasteiger partial charge in [-0.3, -0.25) is 9.78 Å². The van der Waals surface area contributed by atoms with Crippen molar-refractivity contribution in [2.45, 2.75) is 0 Å². The lowest BCUT2D eigenvalue weighted by atomic mass is 10.2. The Morgan fingerprint density at radius 3 is 2.35 bits per heavy atom. The maximum atomic E-state index is 13.7. The number of benzene rings is 2. The van der Waals surface area contributed by atoms with E-state index in [0.717, 1.165) is 12.1 Å². The fourth-order valence-electron chi connectivity index (χ4n) is 2.26. The molecule has 2 N–H and O–H groups in total. The number of nitrogens with one attached hydrogen (secondary N) is 2. The minimum Gasteiger partial charge on any atom is -0.497 e. The van der Waals surface area contributed by atoms with Crippen LogP contribution in [0.2, 0.25) is 0 Å². The number of amides is 1. The van der Waals surface area contributed by atoms with Crippen molar-refractivity contribution in [1.82, 2.24) is 4.98 Å². The van der Waals surface area contributed by atoms with Crippen molar-refractivity contribution in [3.8, 4) is 5.75 Å². The molecule has 0 aliphatic heterocycles. The van der Waals surface area contributed by atoms with Gasteiger partial charge >= 0.3 is 0 Å². The Balaban J connectivity index is 1.76. The van der Waals surface area contributed by atoms with Crippen LogP contribution >= 0.6 is 0 Å². The lowest BCUT2D eigenvalue weighted by molar-refractivity contribution is 0.102. The van der Waals surface area contributed by atoms with E-state index in [4.69, 9.17) is 4.74 Å². The van der Waals surface area contributed by atoms with Crippen LogP contribution in [0.3, 0.4) is 0 Å². The molecule has 3 aromatic rings. The number of halogens is 2. The van der Waals surface area contributed by atoms with Crippen LogP contribution < -0.4 is 15.4 Å². The van der Waals surface area contributed by atoms with Gasteiger partial charge in [-0.05, 0) is 48.5 Å². The van der Waals surface area contributed by atoms with E-state index in [1.54, 1.807) is 31.4 Å². The lowest BCUT2D eigenvalue weighted by Gasteiger charge is -2.10. The zero-order valence-electron chi connectivity index (χ0n) is 13.8. The van der Waals surface area contributed by atoms with Crippen LogP contribution in [0.5, 0.6) is 5.75 Å². The molecule has 7 heteroatoms. The number of nitrogens with zero attached hydrogens (tertiary/aromatic N) is 1. The van der Waals surface area contributed by atoms with Crippen LogP contribution in [-0.4, -0.2) is 18.0 Å². The number of hydrogen-bond donors (Lipinski definition) is 2. The molecule has 0 atom stereocenters. The molecular weight excluding hydrogens is 340 g/mol. The van der Waals surface area contributed by atoms with Crippen molar-refractivity contribution in [3.05, 3.63) is 78.1 Å². The maximum Gasteiger partial charge on any atom is 0.274 e. The van der Waals surface area contributed by atoms with E-state index in [0.29, 0.717) is 17.1 Å². The second-order valence-corrected chi connectivity index (χ2v) is 5.33. The van der Waals surface area contributed by atoms with E-state index in [1.165, 1.54) is 24.4 Å². The van der Waals surface area contributed by atoms with Gasteiger partial charge in [0.1, 0.15) is 28.8 Å². The molecule has 1 aromatic heterocycles. The van der Waals surface area contributed by atoms with Gasteiger partial charge in [0, 0.05) is 17.6 Å². The molecule has 0 unspecified atom stereocenters. The van der Waals surface area contributed by atoms with Crippen LogP contribution in [0.15, 0.2) is 60.8 Å². The molecule has 1 heterocycles. The molecule has 132 valence electrons. The molecule has 1 amide bonds. The van der Waals surface area contributed by atoms with E-state index in [-0.39, 0.29) is 11.4 Å². The van der Waals surface area contributed by atoms with Gasteiger partial charge in [-0.15, -0.1) is 0 Å². The second kappa shape index (κ2) is 7.60. The number of carbonyl (C=O) groups excluding carboxylic acids is 1. The van der Waals surface area contributed by atoms with Crippen LogP contribution in [0, 0.1) is 11.6 Å². The number of hydrogen-bond acceptors (Lipinski definition) is 4. The summed E-state index contributed by atoms with van der Waals surface area (Å²) < 4.78 is 32.5. The minimum atomic E-state index is -0.731. The van der Waals surface area contributed by atoms with Crippen LogP contribution in [0.4, 0.5) is 25.8 Å². The number of anilines is 3. The number of ether oxygens (including phenoxy) is 1. The Hall–Kier alpha value is -3.48. The maximum absolute atomic E-state index is 13.7. The fraction of sp³-hybridized carbons (Fsp3) is 0.0526. The second-order valence-electron chi connectivity index (χ2n) is 5.33. The molecular formula is C19H15F2N3O2. The average molecular weight is 355 g/mol. The van der Waals surface area contributed by atoms with Gasteiger partial charge in [0.2, 0.25) is 0 Å². The minimum absolute atomic E-state index is 0.0996. The SMILES string of the molecule is COc1ccc(NC(=O)c2cc(Nc3c(F)cccc3F)ccn2)cc1.